The number of ether oxygens (including phenoxy) is 2. The fourth-order valence-electron chi connectivity index (χ4n) is 1.97. The zero-order valence-electron chi connectivity index (χ0n) is 12.7. The molecule has 118 valence electrons. The van der Waals surface area contributed by atoms with Crippen LogP contribution in [0.2, 0.25) is 0 Å². The van der Waals surface area contributed by atoms with E-state index in [1.54, 1.807) is 13.1 Å². The van der Waals surface area contributed by atoms with E-state index in [-0.39, 0.29) is 5.91 Å². The molecule has 0 saturated carbocycles. The summed E-state index contributed by atoms with van der Waals surface area (Å²) >= 11 is 0. The van der Waals surface area contributed by atoms with Gasteiger partial charge in [-0.05, 0) is 11.6 Å². The van der Waals surface area contributed by atoms with Crippen LogP contribution in [0.25, 0.3) is 0 Å². The van der Waals surface area contributed by atoms with Gasteiger partial charge in [0.15, 0.2) is 12.4 Å². The van der Waals surface area contributed by atoms with Gasteiger partial charge in [-0.2, -0.15) is 0 Å². The van der Waals surface area contributed by atoms with Crippen molar-refractivity contribution in [3.05, 3.63) is 48.0 Å². The second kappa shape index (κ2) is 8.31. The maximum atomic E-state index is 12.0. The number of aliphatic imine (C=N–C) groups is 1. The van der Waals surface area contributed by atoms with Gasteiger partial charge < -0.3 is 9.47 Å². The molecule has 0 unspecified atom stereocenters. The molecule has 0 radical (unpaired) electrons. The van der Waals surface area contributed by atoms with E-state index in [1.165, 1.54) is 13.5 Å². The quantitative estimate of drug-likeness (QED) is 0.436. The zero-order chi connectivity index (χ0) is 15.8. The number of amides is 1. The second-order valence-electron chi connectivity index (χ2n) is 4.75. The number of hydrogen-bond acceptors (Lipinski definition) is 5. The molecule has 0 N–H and O–H groups in total. The highest BCUT2D eigenvalue weighted by molar-refractivity contribution is 5.84. The zero-order valence-corrected chi connectivity index (χ0v) is 12.7. The van der Waals surface area contributed by atoms with Crippen LogP contribution >= 0.6 is 0 Å². The van der Waals surface area contributed by atoms with Crippen molar-refractivity contribution in [2.45, 2.75) is 18.8 Å². The molecule has 2 rings (SSSR count). The molecule has 0 fully saturated rings. The third-order valence-corrected chi connectivity index (χ3v) is 3.24. The normalized spacial score (nSPS) is 20.3. The van der Waals surface area contributed by atoms with Crippen LogP contribution in [0.5, 0.6) is 0 Å². The molecule has 0 aliphatic carbocycles. The molecule has 6 nitrogen and oxygen atoms in total. The Morgan fingerprint density at radius 2 is 2.18 bits per heavy atom. The number of rotatable bonds is 7. The standard InChI is InChI=1S/C16H20N2O4/c1-18(20-2)16(19)15-14(22-12-17-15)9-6-10-21-11-13-7-4-3-5-8-13/h3-9,12,14-15H,10-11H2,1-2H3/b9-6+/t14-,15+/m0/s1. The number of carbonyl (C=O) groups excluding carboxylic acids is 1. The van der Waals surface area contributed by atoms with Gasteiger partial charge in [0.1, 0.15) is 6.10 Å². The summed E-state index contributed by atoms with van der Waals surface area (Å²) in [6.45, 7) is 0.984. The molecule has 6 heteroatoms. The molecule has 1 aromatic carbocycles. The minimum Gasteiger partial charge on any atom is -0.473 e. The van der Waals surface area contributed by atoms with Crippen molar-refractivity contribution in [3.63, 3.8) is 0 Å². The van der Waals surface area contributed by atoms with Crippen molar-refractivity contribution in [1.82, 2.24) is 5.06 Å². The Kier molecular flexibility index (Phi) is 6.12. The summed E-state index contributed by atoms with van der Waals surface area (Å²) in [6.07, 6.45) is 4.48. The first kappa shape index (κ1) is 16.2. The van der Waals surface area contributed by atoms with Crippen molar-refractivity contribution in [2.75, 3.05) is 20.8 Å². The van der Waals surface area contributed by atoms with Gasteiger partial charge in [-0.15, -0.1) is 0 Å². The van der Waals surface area contributed by atoms with E-state index < -0.39 is 12.1 Å². The minimum atomic E-state index is -0.615. The average molecular weight is 304 g/mol. The maximum absolute atomic E-state index is 12.0. The highest BCUT2D eigenvalue weighted by Gasteiger charge is 2.33. The van der Waals surface area contributed by atoms with Gasteiger partial charge in [0, 0.05) is 7.05 Å². The Morgan fingerprint density at radius 1 is 1.41 bits per heavy atom. The fourth-order valence-corrected chi connectivity index (χ4v) is 1.97. The third-order valence-electron chi connectivity index (χ3n) is 3.24. The lowest BCUT2D eigenvalue weighted by atomic mass is 10.1. The van der Waals surface area contributed by atoms with Crippen LogP contribution in [0.4, 0.5) is 0 Å². The molecule has 1 amide bonds. The monoisotopic (exact) mass is 304 g/mol. The van der Waals surface area contributed by atoms with E-state index >= 15 is 0 Å². The highest BCUT2D eigenvalue weighted by atomic mass is 16.7. The molecule has 0 saturated heterocycles. The minimum absolute atomic E-state index is 0.254. The van der Waals surface area contributed by atoms with E-state index in [1.807, 2.05) is 36.4 Å². The van der Waals surface area contributed by atoms with Gasteiger partial charge in [-0.1, -0.05) is 36.4 Å². The number of hydroxylamine groups is 2. The van der Waals surface area contributed by atoms with Crippen molar-refractivity contribution in [2.24, 2.45) is 4.99 Å². The average Bonchev–Trinajstić information content (AvgIpc) is 3.02. The van der Waals surface area contributed by atoms with Crippen molar-refractivity contribution in [3.8, 4) is 0 Å². The molecule has 1 heterocycles. The Labute approximate surface area is 129 Å². The molecule has 1 aromatic rings. The SMILES string of the molecule is CON(C)C(=O)[C@@H]1N=CO[C@H]1/C=C/COCc1ccccc1. The van der Waals surface area contributed by atoms with Crippen molar-refractivity contribution < 1.29 is 19.1 Å². The number of nitrogens with zero attached hydrogens (tertiary/aromatic N) is 2. The summed E-state index contributed by atoms with van der Waals surface area (Å²) in [5.74, 6) is -0.254. The van der Waals surface area contributed by atoms with Gasteiger partial charge in [0.25, 0.3) is 5.91 Å². The molecule has 1 aliphatic heterocycles. The molecular formula is C16H20N2O4. The summed E-state index contributed by atoms with van der Waals surface area (Å²) in [4.78, 5) is 20.9. The third kappa shape index (κ3) is 4.41. The van der Waals surface area contributed by atoms with Crippen LogP contribution in [-0.2, 0) is 25.7 Å². The first-order chi connectivity index (χ1) is 10.7. The van der Waals surface area contributed by atoms with Crippen LogP contribution in [0.3, 0.4) is 0 Å². The van der Waals surface area contributed by atoms with Gasteiger partial charge in [-0.25, -0.2) is 10.1 Å². The van der Waals surface area contributed by atoms with Crippen LogP contribution in [-0.4, -0.2) is 50.3 Å². The van der Waals surface area contributed by atoms with Crippen LogP contribution in [0.15, 0.2) is 47.5 Å². The summed E-state index contributed by atoms with van der Waals surface area (Å²) in [5.41, 5.74) is 1.12. The van der Waals surface area contributed by atoms with Crippen LogP contribution < -0.4 is 0 Å². The van der Waals surface area contributed by atoms with Crippen LogP contribution in [0.1, 0.15) is 5.56 Å². The molecule has 0 spiro atoms. The van der Waals surface area contributed by atoms with E-state index in [9.17, 15) is 4.79 Å². The van der Waals surface area contributed by atoms with E-state index in [2.05, 4.69) is 4.99 Å². The Morgan fingerprint density at radius 3 is 2.91 bits per heavy atom. The second-order valence-corrected chi connectivity index (χ2v) is 4.75. The summed E-state index contributed by atoms with van der Waals surface area (Å²) in [6, 6.07) is 9.31. The first-order valence-corrected chi connectivity index (χ1v) is 6.99. The lowest BCUT2D eigenvalue weighted by Gasteiger charge is -2.19. The predicted molar refractivity (Wildman–Crippen MR) is 82.2 cm³/mol. The predicted octanol–water partition coefficient (Wildman–Crippen LogP) is 1.57. The van der Waals surface area contributed by atoms with Gasteiger partial charge >= 0.3 is 0 Å². The largest absolute Gasteiger partial charge is 0.473 e. The highest BCUT2D eigenvalue weighted by Crippen LogP contribution is 2.14. The molecular weight excluding hydrogens is 284 g/mol. The number of likely N-dealkylation sites (N-methyl/N-ethyl adjacent to an activating group) is 1. The number of hydrogen-bond donors (Lipinski definition) is 0. The Bertz CT molecular complexity index is 530. The summed E-state index contributed by atoms with van der Waals surface area (Å²) < 4.78 is 10.8. The lowest BCUT2D eigenvalue weighted by molar-refractivity contribution is -0.171. The maximum Gasteiger partial charge on any atom is 0.274 e. The number of benzene rings is 1. The van der Waals surface area contributed by atoms with E-state index in [0.29, 0.717) is 13.2 Å². The topological polar surface area (TPSA) is 60.4 Å². The fraction of sp³-hybridized carbons (Fsp3) is 0.375. The van der Waals surface area contributed by atoms with E-state index in [0.717, 1.165) is 10.6 Å². The van der Waals surface area contributed by atoms with Crippen LogP contribution in [0, 0.1) is 0 Å². The summed E-state index contributed by atoms with van der Waals surface area (Å²) in [7, 11) is 2.97. The van der Waals surface area contributed by atoms with Gasteiger partial charge in [0.2, 0.25) is 0 Å². The van der Waals surface area contributed by atoms with Crippen molar-refractivity contribution >= 4 is 12.3 Å². The molecule has 0 bridgehead atoms. The lowest BCUT2D eigenvalue weighted by Crippen LogP contribution is -2.39. The molecule has 1 aliphatic rings. The molecule has 2 atom stereocenters. The smallest absolute Gasteiger partial charge is 0.274 e. The Hall–Kier alpha value is -2.18. The van der Waals surface area contributed by atoms with Gasteiger partial charge in [-0.3, -0.25) is 9.63 Å². The summed E-state index contributed by atoms with van der Waals surface area (Å²) in [5, 5.41) is 1.14. The Balaban J connectivity index is 1.76. The van der Waals surface area contributed by atoms with Crippen molar-refractivity contribution in [1.29, 1.82) is 0 Å². The van der Waals surface area contributed by atoms with E-state index in [4.69, 9.17) is 14.3 Å². The first-order valence-electron chi connectivity index (χ1n) is 6.99. The molecule has 22 heavy (non-hydrogen) atoms. The molecule has 0 aromatic heterocycles. The van der Waals surface area contributed by atoms with Gasteiger partial charge in [0.05, 0.1) is 20.3 Å². The number of carbonyl (C=O) groups is 1.